The molecule has 0 aliphatic carbocycles. The summed E-state index contributed by atoms with van der Waals surface area (Å²) in [5.41, 5.74) is 2.22. The molecular weight excluding hydrogens is 429 g/mol. The number of nitro groups is 1. The van der Waals surface area contributed by atoms with Gasteiger partial charge in [-0.25, -0.2) is 14.4 Å². The summed E-state index contributed by atoms with van der Waals surface area (Å²) in [7, 11) is 0. The van der Waals surface area contributed by atoms with Crippen LogP contribution in [-0.4, -0.2) is 22.8 Å². The molecule has 5 rings (SSSR count). The Morgan fingerprint density at radius 2 is 1.64 bits per heavy atom. The molecule has 0 unspecified atom stereocenters. The van der Waals surface area contributed by atoms with Gasteiger partial charge in [0.1, 0.15) is 11.7 Å². The fourth-order valence-corrected chi connectivity index (χ4v) is 4.33. The van der Waals surface area contributed by atoms with E-state index in [1.54, 1.807) is 6.07 Å². The molecule has 2 aliphatic heterocycles. The van der Waals surface area contributed by atoms with Crippen LogP contribution < -0.4 is 9.96 Å². The summed E-state index contributed by atoms with van der Waals surface area (Å²) in [6.07, 6.45) is -1.12. The number of nitrogens with zero attached hydrogens (tertiary/aromatic N) is 3. The van der Waals surface area contributed by atoms with Crippen molar-refractivity contribution in [3.63, 3.8) is 0 Å². The second-order valence-electron chi connectivity index (χ2n) is 8.00. The first kappa shape index (κ1) is 20.8. The molecule has 0 radical (unpaired) electrons. The van der Waals surface area contributed by atoms with Crippen LogP contribution in [0.25, 0.3) is 0 Å². The van der Waals surface area contributed by atoms with Crippen molar-refractivity contribution in [3.8, 4) is 0 Å². The molecule has 2 fully saturated rings. The van der Waals surface area contributed by atoms with Gasteiger partial charge < -0.3 is 0 Å². The number of imide groups is 1. The first-order chi connectivity index (χ1) is 15.8. The Kier molecular flexibility index (Phi) is 4.90. The van der Waals surface area contributed by atoms with Crippen LogP contribution >= 0.6 is 0 Å². The van der Waals surface area contributed by atoms with Crippen LogP contribution in [0.4, 0.5) is 21.5 Å². The van der Waals surface area contributed by atoms with Crippen molar-refractivity contribution >= 4 is 28.9 Å². The second-order valence-corrected chi connectivity index (χ2v) is 8.00. The molecule has 3 aromatic rings. The Hall–Kier alpha value is -4.11. The standard InChI is InChI=1S/C24H18FN3O5/c1-14-5-7-15(8-6-14)21-20-22(33-27(21)18-3-2-4-19(13-18)28(31)32)24(30)26(23(20)29)17-11-9-16(25)10-12-17/h2-13,20-22H,1H3/t20-,21+,22-/m1/s1. The monoisotopic (exact) mass is 447 g/mol. The molecule has 0 N–H and O–H groups in total. The van der Waals surface area contributed by atoms with Crippen LogP contribution in [0.5, 0.6) is 0 Å². The fraction of sp³-hybridized carbons (Fsp3) is 0.167. The first-order valence-corrected chi connectivity index (χ1v) is 10.3. The number of aryl methyl sites for hydroxylation is 1. The summed E-state index contributed by atoms with van der Waals surface area (Å²) in [5, 5.41) is 12.7. The number of carbonyl (C=O) groups is 2. The Balaban J connectivity index is 1.59. The largest absolute Gasteiger partial charge is 0.273 e. The maximum absolute atomic E-state index is 13.5. The lowest BCUT2D eigenvalue weighted by atomic mass is 9.90. The highest BCUT2D eigenvalue weighted by Gasteiger charge is 2.60. The lowest BCUT2D eigenvalue weighted by molar-refractivity contribution is -0.384. The van der Waals surface area contributed by atoms with Gasteiger partial charge >= 0.3 is 0 Å². The molecule has 0 saturated carbocycles. The smallest absolute Gasteiger partial charge is 0.271 e. The molecule has 2 heterocycles. The van der Waals surface area contributed by atoms with E-state index >= 15 is 0 Å². The molecule has 2 aliphatic rings. The minimum absolute atomic E-state index is 0.138. The van der Waals surface area contributed by atoms with E-state index in [0.29, 0.717) is 5.69 Å². The molecule has 2 amide bonds. The molecule has 8 nitrogen and oxygen atoms in total. The quantitative estimate of drug-likeness (QED) is 0.340. The predicted molar refractivity (Wildman–Crippen MR) is 117 cm³/mol. The zero-order valence-electron chi connectivity index (χ0n) is 17.4. The number of benzene rings is 3. The van der Waals surface area contributed by atoms with Crippen molar-refractivity contribution in [2.45, 2.75) is 19.1 Å². The number of fused-ring (bicyclic) bond motifs is 1. The number of anilines is 2. The molecule has 9 heteroatoms. The highest BCUT2D eigenvalue weighted by molar-refractivity contribution is 6.23. The molecule has 3 atom stereocenters. The molecule has 33 heavy (non-hydrogen) atoms. The number of nitro benzene ring substituents is 1. The van der Waals surface area contributed by atoms with Crippen LogP contribution in [0.2, 0.25) is 0 Å². The SMILES string of the molecule is Cc1ccc([C@H]2[C@H]3C(=O)N(c4ccc(F)cc4)C(=O)[C@@H]3ON2c2cccc([N+](=O)[O-])c2)cc1. The summed E-state index contributed by atoms with van der Waals surface area (Å²) in [6, 6.07) is 17.7. The number of hydrogen-bond donors (Lipinski definition) is 0. The van der Waals surface area contributed by atoms with Crippen molar-refractivity contribution in [2.24, 2.45) is 5.92 Å². The highest BCUT2D eigenvalue weighted by Crippen LogP contribution is 2.48. The van der Waals surface area contributed by atoms with Crippen LogP contribution in [0.1, 0.15) is 17.2 Å². The minimum atomic E-state index is -1.12. The summed E-state index contributed by atoms with van der Waals surface area (Å²) < 4.78 is 13.4. The number of amides is 2. The predicted octanol–water partition coefficient (Wildman–Crippen LogP) is 4.09. The molecular formula is C24H18FN3O5. The minimum Gasteiger partial charge on any atom is -0.273 e. The zero-order chi connectivity index (χ0) is 23.3. The summed E-state index contributed by atoms with van der Waals surface area (Å²) in [5.74, 6) is -2.41. The van der Waals surface area contributed by atoms with E-state index in [2.05, 4.69) is 0 Å². The van der Waals surface area contributed by atoms with Gasteiger partial charge in [-0.15, -0.1) is 0 Å². The zero-order valence-corrected chi connectivity index (χ0v) is 17.4. The summed E-state index contributed by atoms with van der Waals surface area (Å²) >= 11 is 0. The van der Waals surface area contributed by atoms with Crippen LogP contribution in [-0.2, 0) is 14.4 Å². The van der Waals surface area contributed by atoms with Crippen LogP contribution in [0, 0.1) is 28.8 Å². The lowest BCUT2D eigenvalue weighted by Gasteiger charge is -2.28. The van der Waals surface area contributed by atoms with E-state index in [1.165, 1.54) is 47.5 Å². The molecule has 166 valence electrons. The Labute approximate surface area is 187 Å². The Morgan fingerprint density at radius 3 is 2.30 bits per heavy atom. The van der Waals surface area contributed by atoms with Gasteiger partial charge in [0, 0.05) is 12.1 Å². The average molecular weight is 447 g/mol. The topological polar surface area (TPSA) is 93.0 Å². The number of halogens is 1. The second kappa shape index (κ2) is 7.79. The van der Waals surface area contributed by atoms with E-state index in [4.69, 9.17) is 4.84 Å². The lowest BCUT2D eigenvalue weighted by Crippen LogP contribution is -2.37. The number of rotatable bonds is 4. The maximum atomic E-state index is 13.5. The molecule has 3 aromatic carbocycles. The number of non-ortho nitro benzene ring substituents is 1. The van der Waals surface area contributed by atoms with Gasteiger partial charge in [-0.1, -0.05) is 35.9 Å². The highest BCUT2D eigenvalue weighted by atomic mass is 19.1. The van der Waals surface area contributed by atoms with E-state index in [0.717, 1.165) is 16.0 Å². The number of hydroxylamine groups is 1. The van der Waals surface area contributed by atoms with Crippen molar-refractivity contribution in [1.29, 1.82) is 0 Å². The fourth-order valence-electron chi connectivity index (χ4n) is 4.33. The third kappa shape index (κ3) is 3.42. The van der Waals surface area contributed by atoms with Crippen molar-refractivity contribution < 1.29 is 23.7 Å². The van der Waals surface area contributed by atoms with Crippen LogP contribution in [0.3, 0.4) is 0 Å². The summed E-state index contributed by atoms with van der Waals surface area (Å²) in [4.78, 5) is 44.5. The van der Waals surface area contributed by atoms with Gasteiger partial charge in [0.2, 0.25) is 5.91 Å². The van der Waals surface area contributed by atoms with Crippen molar-refractivity contribution in [3.05, 3.63) is 99.9 Å². The van der Waals surface area contributed by atoms with Gasteiger partial charge in [0.15, 0.2) is 6.10 Å². The molecule has 0 bridgehead atoms. The third-order valence-electron chi connectivity index (χ3n) is 5.91. The maximum Gasteiger partial charge on any atom is 0.271 e. The average Bonchev–Trinajstić information content (AvgIpc) is 3.31. The number of hydrogen-bond acceptors (Lipinski definition) is 6. The van der Waals surface area contributed by atoms with Gasteiger partial charge in [-0.05, 0) is 42.8 Å². The van der Waals surface area contributed by atoms with Gasteiger partial charge in [0.25, 0.3) is 11.6 Å². The van der Waals surface area contributed by atoms with E-state index in [-0.39, 0.29) is 11.4 Å². The Morgan fingerprint density at radius 1 is 0.939 bits per heavy atom. The molecule has 0 spiro atoms. The van der Waals surface area contributed by atoms with Crippen LogP contribution in [0.15, 0.2) is 72.8 Å². The van der Waals surface area contributed by atoms with Gasteiger partial charge in [-0.3, -0.25) is 24.5 Å². The molecule has 2 saturated heterocycles. The van der Waals surface area contributed by atoms with E-state index < -0.39 is 40.6 Å². The van der Waals surface area contributed by atoms with Crippen molar-refractivity contribution in [1.82, 2.24) is 0 Å². The first-order valence-electron chi connectivity index (χ1n) is 10.3. The normalized spacial score (nSPS) is 22.1. The van der Waals surface area contributed by atoms with E-state index in [9.17, 15) is 24.1 Å². The van der Waals surface area contributed by atoms with Gasteiger partial charge in [-0.2, -0.15) is 0 Å². The van der Waals surface area contributed by atoms with E-state index in [1.807, 2.05) is 31.2 Å². The third-order valence-corrected chi connectivity index (χ3v) is 5.91. The Bertz CT molecular complexity index is 1260. The number of carbonyl (C=O) groups excluding carboxylic acids is 2. The van der Waals surface area contributed by atoms with Gasteiger partial charge in [0.05, 0.1) is 22.3 Å². The molecule has 0 aromatic heterocycles. The van der Waals surface area contributed by atoms with Crippen molar-refractivity contribution in [2.75, 3.05) is 9.96 Å². The summed E-state index contributed by atoms with van der Waals surface area (Å²) in [6.45, 7) is 1.93.